The molecule has 3 rings (SSSR count). The fourth-order valence-electron chi connectivity index (χ4n) is 4.20. The lowest BCUT2D eigenvalue weighted by Crippen LogP contribution is -2.54. The molecule has 0 aliphatic carbocycles. The van der Waals surface area contributed by atoms with Crippen LogP contribution in [0.4, 0.5) is 5.69 Å². The molecule has 0 spiro atoms. The van der Waals surface area contributed by atoms with Crippen LogP contribution in [0.2, 0.25) is 0 Å². The minimum atomic E-state index is -3.82. The van der Waals surface area contributed by atoms with Crippen LogP contribution in [0.15, 0.2) is 84.9 Å². The summed E-state index contributed by atoms with van der Waals surface area (Å²) in [5, 5.41) is 2.94. The summed E-state index contributed by atoms with van der Waals surface area (Å²) in [6.07, 6.45) is 1.34. The Labute approximate surface area is 231 Å². The van der Waals surface area contributed by atoms with Crippen LogP contribution in [0.1, 0.15) is 31.9 Å². The minimum Gasteiger partial charge on any atom is -0.494 e. The van der Waals surface area contributed by atoms with E-state index in [0.29, 0.717) is 18.0 Å². The summed E-state index contributed by atoms with van der Waals surface area (Å²) in [5.41, 5.74) is 2.05. The predicted molar refractivity (Wildman–Crippen MR) is 154 cm³/mol. The van der Waals surface area contributed by atoms with Gasteiger partial charge in [-0.3, -0.25) is 13.9 Å². The molecule has 0 radical (unpaired) electrons. The molecule has 3 aromatic carbocycles. The van der Waals surface area contributed by atoms with Crippen LogP contribution in [0.3, 0.4) is 0 Å². The quantitative estimate of drug-likeness (QED) is 0.346. The smallest absolute Gasteiger partial charge is 0.244 e. The second kappa shape index (κ2) is 13.8. The highest BCUT2D eigenvalue weighted by molar-refractivity contribution is 7.92. The maximum Gasteiger partial charge on any atom is 0.244 e. The third kappa shape index (κ3) is 8.85. The predicted octanol–water partition coefficient (Wildman–Crippen LogP) is 4.02. The molecule has 0 saturated carbocycles. The largest absolute Gasteiger partial charge is 0.494 e. The van der Waals surface area contributed by atoms with Crippen LogP contribution < -0.4 is 14.4 Å². The van der Waals surface area contributed by atoms with Gasteiger partial charge in [-0.05, 0) is 56.2 Å². The molecule has 3 aromatic rings. The van der Waals surface area contributed by atoms with Gasteiger partial charge >= 0.3 is 0 Å². The van der Waals surface area contributed by atoms with Crippen molar-refractivity contribution in [3.05, 3.63) is 96.1 Å². The number of hydrogen-bond donors (Lipinski definition) is 1. The maximum atomic E-state index is 14.0. The summed E-state index contributed by atoms with van der Waals surface area (Å²) in [4.78, 5) is 29.0. The van der Waals surface area contributed by atoms with Crippen molar-refractivity contribution in [2.75, 3.05) is 23.7 Å². The molecule has 0 saturated heterocycles. The van der Waals surface area contributed by atoms with E-state index in [9.17, 15) is 18.0 Å². The molecule has 9 heteroatoms. The Hall–Kier alpha value is -3.85. The number of ether oxygens (including phenoxy) is 1. The molecule has 2 amide bonds. The second-order valence-corrected chi connectivity index (χ2v) is 11.5. The fourth-order valence-corrected chi connectivity index (χ4v) is 5.05. The van der Waals surface area contributed by atoms with E-state index in [1.807, 2.05) is 81.4 Å². The topological polar surface area (TPSA) is 96.0 Å². The number of benzene rings is 3. The Kier molecular flexibility index (Phi) is 10.5. The van der Waals surface area contributed by atoms with Gasteiger partial charge < -0.3 is 15.0 Å². The summed E-state index contributed by atoms with van der Waals surface area (Å²) >= 11 is 0. The van der Waals surface area contributed by atoms with E-state index in [1.165, 1.54) is 4.90 Å². The summed E-state index contributed by atoms with van der Waals surface area (Å²) in [5.74, 6) is -0.192. The van der Waals surface area contributed by atoms with Gasteiger partial charge in [0.1, 0.15) is 18.3 Å². The Morgan fingerprint density at radius 2 is 1.44 bits per heavy atom. The molecule has 39 heavy (non-hydrogen) atoms. The van der Waals surface area contributed by atoms with E-state index in [2.05, 4.69) is 5.32 Å². The molecular weight excluding hydrogens is 514 g/mol. The van der Waals surface area contributed by atoms with Gasteiger partial charge in [0.25, 0.3) is 0 Å². The van der Waals surface area contributed by atoms with Gasteiger partial charge in [-0.25, -0.2) is 8.42 Å². The normalized spacial score (nSPS) is 12.0. The lowest BCUT2D eigenvalue weighted by Gasteiger charge is -2.34. The van der Waals surface area contributed by atoms with E-state index >= 15 is 0 Å². The first kappa shape index (κ1) is 29.7. The van der Waals surface area contributed by atoms with Crippen LogP contribution in [-0.2, 0) is 32.6 Å². The number of amides is 2. The van der Waals surface area contributed by atoms with Crippen LogP contribution in [-0.4, -0.2) is 56.6 Å². The van der Waals surface area contributed by atoms with Gasteiger partial charge in [0, 0.05) is 19.0 Å². The average Bonchev–Trinajstić information content (AvgIpc) is 2.90. The van der Waals surface area contributed by atoms with Gasteiger partial charge in [-0.1, -0.05) is 60.7 Å². The number of rotatable bonds is 13. The third-order valence-electron chi connectivity index (χ3n) is 6.01. The van der Waals surface area contributed by atoms with Crippen LogP contribution >= 0.6 is 0 Å². The van der Waals surface area contributed by atoms with Crippen molar-refractivity contribution >= 4 is 27.5 Å². The zero-order valence-electron chi connectivity index (χ0n) is 22.9. The highest BCUT2D eigenvalue weighted by Gasteiger charge is 2.33. The van der Waals surface area contributed by atoms with Crippen molar-refractivity contribution in [2.24, 2.45) is 0 Å². The molecule has 0 unspecified atom stereocenters. The van der Waals surface area contributed by atoms with Gasteiger partial charge in [0.15, 0.2) is 0 Å². The summed E-state index contributed by atoms with van der Waals surface area (Å²) in [6, 6.07) is 24.4. The number of nitrogens with one attached hydrogen (secondary N) is 1. The molecule has 0 aromatic heterocycles. The highest BCUT2D eigenvalue weighted by atomic mass is 32.2. The first-order chi connectivity index (χ1) is 18.6. The molecule has 0 heterocycles. The van der Waals surface area contributed by atoms with E-state index in [0.717, 1.165) is 21.7 Å². The van der Waals surface area contributed by atoms with Crippen LogP contribution in [0, 0.1) is 0 Å². The monoisotopic (exact) mass is 551 g/mol. The van der Waals surface area contributed by atoms with Gasteiger partial charge in [0.05, 0.1) is 18.6 Å². The van der Waals surface area contributed by atoms with Crippen LogP contribution in [0.25, 0.3) is 0 Å². The molecule has 0 bridgehead atoms. The van der Waals surface area contributed by atoms with Gasteiger partial charge in [-0.2, -0.15) is 0 Å². The Balaban J connectivity index is 2.01. The van der Waals surface area contributed by atoms with E-state index in [4.69, 9.17) is 4.74 Å². The molecule has 0 aliphatic rings. The number of carbonyl (C=O) groups is 2. The molecule has 1 N–H and O–H groups in total. The molecule has 0 fully saturated rings. The standard InChI is InChI=1S/C30H37N3O5S/c1-5-38-27-18-16-26(17-19-27)33(39(4,36)37)22-29(34)32(21-25-14-10-7-11-15-25)28(30(35)31-23(2)3)20-24-12-8-6-9-13-24/h6-19,23,28H,5,20-22H2,1-4H3,(H,31,35)/t28-/m0/s1. The number of carbonyl (C=O) groups excluding carboxylic acids is 2. The number of sulfonamides is 1. The number of nitrogens with zero attached hydrogens (tertiary/aromatic N) is 2. The number of anilines is 1. The van der Waals surface area contributed by atoms with Crippen molar-refractivity contribution < 1.29 is 22.7 Å². The molecule has 208 valence electrons. The zero-order chi connectivity index (χ0) is 28.4. The SMILES string of the molecule is CCOc1ccc(N(CC(=O)N(Cc2ccccc2)[C@@H](Cc2ccccc2)C(=O)NC(C)C)S(C)(=O)=O)cc1. The molecule has 8 nitrogen and oxygen atoms in total. The second-order valence-electron chi connectivity index (χ2n) is 9.57. The highest BCUT2D eigenvalue weighted by Crippen LogP contribution is 2.23. The number of hydrogen-bond acceptors (Lipinski definition) is 5. The first-order valence-corrected chi connectivity index (χ1v) is 14.8. The lowest BCUT2D eigenvalue weighted by atomic mass is 10.0. The summed E-state index contributed by atoms with van der Waals surface area (Å²) in [7, 11) is -3.82. The molecular formula is C30H37N3O5S. The zero-order valence-corrected chi connectivity index (χ0v) is 23.7. The van der Waals surface area contributed by atoms with Crippen molar-refractivity contribution in [3.8, 4) is 5.75 Å². The van der Waals surface area contributed by atoms with Crippen molar-refractivity contribution in [1.82, 2.24) is 10.2 Å². The third-order valence-corrected chi connectivity index (χ3v) is 7.15. The molecule has 1 atom stereocenters. The average molecular weight is 552 g/mol. The Morgan fingerprint density at radius 3 is 1.95 bits per heavy atom. The van der Waals surface area contributed by atoms with E-state index in [-0.39, 0.29) is 24.9 Å². The summed E-state index contributed by atoms with van der Waals surface area (Å²) < 4.78 is 32.2. The fraction of sp³-hybridized carbons (Fsp3) is 0.333. The van der Waals surface area contributed by atoms with E-state index < -0.39 is 28.5 Å². The van der Waals surface area contributed by atoms with Crippen LogP contribution in [0.5, 0.6) is 5.75 Å². The first-order valence-electron chi connectivity index (χ1n) is 13.0. The van der Waals surface area contributed by atoms with Gasteiger partial charge in [-0.15, -0.1) is 0 Å². The lowest BCUT2D eigenvalue weighted by molar-refractivity contribution is -0.140. The van der Waals surface area contributed by atoms with Crippen molar-refractivity contribution in [1.29, 1.82) is 0 Å². The van der Waals surface area contributed by atoms with Crippen molar-refractivity contribution in [2.45, 2.75) is 45.8 Å². The maximum absolute atomic E-state index is 14.0. The van der Waals surface area contributed by atoms with E-state index in [1.54, 1.807) is 24.3 Å². The Morgan fingerprint density at radius 1 is 0.872 bits per heavy atom. The minimum absolute atomic E-state index is 0.138. The Bertz CT molecular complexity index is 1310. The van der Waals surface area contributed by atoms with Gasteiger partial charge in [0.2, 0.25) is 21.8 Å². The summed E-state index contributed by atoms with van der Waals surface area (Å²) in [6.45, 7) is 5.74. The molecule has 0 aliphatic heterocycles. The van der Waals surface area contributed by atoms with Crippen molar-refractivity contribution in [3.63, 3.8) is 0 Å².